The van der Waals surface area contributed by atoms with Crippen LogP contribution in [0.25, 0.3) is 10.9 Å². The molecule has 10 heteroatoms. The molecule has 0 saturated heterocycles. The topological polar surface area (TPSA) is 129 Å². The number of esters is 1. The number of nitrogens with one attached hydrogen (secondary N) is 1. The number of ether oxygens (including phenoxy) is 2. The molecule has 0 amide bonds. The number of aromatic nitrogens is 3. The molecule has 0 saturated carbocycles. The molecule has 10 nitrogen and oxygen atoms in total. The number of hydrogen-bond donors (Lipinski definition) is 1. The molecule has 2 aromatic heterocycles. The van der Waals surface area contributed by atoms with Gasteiger partial charge in [-0.1, -0.05) is 24.3 Å². The maximum Gasteiger partial charge on any atom is 0.373 e. The summed E-state index contributed by atoms with van der Waals surface area (Å²) in [6.07, 6.45) is 2.76. The number of nitrogens with zero attached hydrogens (tertiary/aromatic N) is 4. The van der Waals surface area contributed by atoms with Crippen LogP contribution in [-0.2, 0) is 4.74 Å². The molecule has 0 aliphatic heterocycles. The third-order valence-electron chi connectivity index (χ3n) is 4.41. The van der Waals surface area contributed by atoms with Gasteiger partial charge in [-0.15, -0.1) is 0 Å². The van der Waals surface area contributed by atoms with Crippen LogP contribution in [0.2, 0.25) is 0 Å². The average molecular weight is 431 g/mol. The van der Waals surface area contributed by atoms with Gasteiger partial charge in [0.25, 0.3) is 0 Å². The molecular weight excluding hydrogens is 414 g/mol. The molecule has 0 unspecified atom stereocenters. The van der Waals surface area contributed by atoms with E-state index in [1.165, 1.54) is 6.07 Å². The van der Waals surface area contributed by atoms with Crippen molar-refractivity contribution in [2.45, 2.75) is 6.92 Å². The molecule has 160 valence electrons. The molecule has 0 spiro atoms. The number of hydrogen-bond acceptors (Lipinski definition) is 9. The van der Waals surface area contributed by atoms with Crippen LogP contribution < -0.4 is 10.1 Å². The van der Waals surface area contributed by atoms with E-state index in [1.54, 1.807) is 49.5 Å². The van der Waals surface area contributed by atoms with E-state index in [9.17, 15) is 14.9 Å². The molecule has 2 aromatic carbocycles. The van der Waals surface area contributed by atoms with Crippen LogP contribution in [0.5, 0.6) is 11.6 Å². The highest BCUT2D eigenvalue weighted by Crippen LogP contribution is 2.37. The first kappa shape index (κ1) is 20.7. The highest BCUT2D eigenvalue weighted by Gasteiger charge is 2.26. The van der Waals surface area contributed by atoms with Gasteiger partial charge < -0.3 is 14.8 Å². The molecule has 4 aromatic rings. The molecule has 0 aliphatic carbocycles. The molecule has 0 radical (unpaired) electrons. The van der Waals surface area contributed by atoms with Crippen molar-refractivity contribution in [1.29, 1.82) is 0 Å². The van der Waals surface area contributed by atoms with Crippen LogP contribution in [0.3, 0.4) is 0 Å². The van der Waals surface area contributed by atoms with E-state index < -0.39 is 16.6 Å². The Labute approximate surface area is 182 Å². The van der Waals surface area contributed by atoms with Gasteiger partial charge in [0.15, 0.2) is 5.75 Å². The van der Waals surface area contributed by atoms with Crippen molar-refractivity contribution in [1.82, 2.24) is 15.0 Å². The van der Waals surface area contributed by atoms with Gasteiger partial charge in [-0.2, -0.15) is 4.98 Å². The summed E-state index contributed by atoms with van der Waals surface area (Å²) in [6.45, 7) is 1.94. The second-order valence-electron chi connectivity index (χ2n) is 6.49. The Kier molecular flexibility index (Phi) is 5.84. The van der Waals surface area contributed by atoms with E-state index in [0.717, 1.165) is 11.7 Å². The first-order valence-corrected chi connectivity index (χ1v) is 9.62. The summed E-state index contributed by atoms with van der Waals surface area (Å²) in [6, 6.07) is 15.3. The predicted octanol–water partition coefficient (Wildman–Crippen LogP) is 4.65. The van der Waals surface area contributed by atoms with Crippen LogP contribution in [0.15, 0.2) is 67.1 Å². The van der Waals surface area contributed by atoms with Crippen LogP contribution in [0.1, 0.15) is 17.3 Å². The number of anilines is 2. The molecular formula is C22H17N5O5. The summed E-state index contributed by atoms with van der Waals surface area (Å²) in [5, 5.41) is 15.5. The lowest BCUT2D eigenvalue weighted by Crippen LogP contribution is -2.06. The quantitative estimate of drug-likeness (QED) is 0.252. The van der Waals surface area contributed by atoms with Crippen molar-refractivity contribution in [3.63, 3.8) is 0 Å². The Bertz CT molecular complexity index is 1310. The van der Waals surface area contributed by atoms with Crippen molar-refractivity contribution >= 4 is 34.1 Å². The number of carbonyl (C=O) groups is 1. The molecule has 0 bridgehead atoms. The normalized spacial score (nSPS) is 10.5. The Hall–Kier alpha value is -4.60. The molecule has 4 rings (SSSR count). The summed E-state index contributed by atoms with van der Waals surface area (Å²) >= 11 is 0. The van der Waals surface area contributed by atoms with Gasteiger partial charge in [0.1, 0.15) is 11.8 Å². The smallest absolute Gasteiger partial charge is 0.373 e. The van der Waals surface area contributed by atoms with E-state index in [-0.39, 0.29) is 18.3 Å². The molecule has 2 heterocycles. The van der Waals surface area contributed by atoms with Gasteiger partial charge in [-0.25, -0.2) is 9.78 Å². The van der Waals surface area contributed by atoms with Gasteiger partial charge >= 0.3 is 17.5 Å². The fourth-order valence-electron chi connectivity index (χ4n) is 3.03. The minimum atomic E-state index is -0.634. The van der Waals surface area contributed by atoms with Gasteiger partial charge in [0.2, 0.25) is 5.82 Å². The van der Waals surface area contributed by atoms with Crippen LogP contribution in [0.4, 0.5) is 17.2 Å². The zero-order valence-electron chi connectivity index (χ0n) is 16.9. The van der Waals surface area contributed by atoms with Crippen LogP contribution >= 0.6 is 0 Å². The summed E-state index contributed by atoms with van der Waals surface area (Å²) in [5.41, 5.74) is 0.795. The zero-order chi connectivity index (χ0) is 22.5. The Morgan fingerprint density at radius 3 is 2.72 bits per heavy atom. The SMILES string of the molecule is CCOC(=O)c1cccc(Nc2ncnc(Oc3cccc4cccnc34)c2[N+](=O)[O-])c1. The third-order valence-corrected chi connectivity index (χ3v) is 4.41. The fraction of sp³-hybridized carbons (Fsp3) is 0.0909. The Morgan fingerprint density at radius 1 is 1.09 bits per heavy atom. The van der Waals surface area contributed by atoms with Crippen molar-refractivity contribution in [2.75, 3.05) is 11.9 Å². The summed E-state index contributed by atoms with van der Waals surface area (Å²) in [7, 11) is 0. The van der Waals surface area contributed by atoms with Crippen molar-refractivity contribution in [2.24, 2.45) is 0 Å². The number of pyridine rings is 1. The molecule has 1 N–H and O–H groups in total. The van der Waals surface area contributed by atoms with E-state index in [1.807, 2.05) is 12.1 Å². The first-order valence-electron chi connectivity index (χ1n) is 9.62. The Morgan fingerprint density at radius 2 is 1.91 bits per heavy atom. The highest BCUT2D eigenvalue weighted by atomic mass is 16.6. The minimum Gasteiger partial charge on any atom is -0.462 e. The fourth-order valence-corrected chi connectivity index (χ4v) is 3.03. The average Bonchev–Trinajstić information content (AvgIpc) is 2.80. The number of nitro groups is 1. The van der Waals surface area contributed by atoms with Crippen molar-refractivity contribution in [3.05, 3.63) is 82.8 Å². The molecule has 0 atom stereocenters. The zero-order valence-corrected chi connectivity index (χ0v) is 16.9. The second kappa shape index (κ2) is 9.04. The predicted molar refractivity (Wildman–Crippen MR) is 116 cm³/mol. The number of rotatable bonds is 7. The van der Waals surface area contributed by atoms with Gasteiger partial charge in [0.05, 0.1) is 17.1 Å². The largest absolute Gasteiger partial charge is 0.462 e. The van der Waals surface area contributed by atoms with E-state index >= 15 is 0 Å². The van der Waals surface area contributed by atoms with Gasteiger partial charge in [-0.05, 0) is 37.3 Å². The second-order valence-corrected chi connectivity index (χ2v) is 6.49. The first-order chi connectivity index (χ1) is 15.6. The van der Waals surface area contributed by atoms with Crippen LogP contribution in [0, 0.1) is 10.1 Å². The third kappa shape index (κ3) is 4.29. The minimum absolute atomic E-state index is 0.0887. The van der Waals surface area contributed by atoms with Crippen molar-refractivity contribution in [3.8, 4) is 11.6 Å². The van der Waals surface area contributed by atoms with E-state index in [2.05, 4.69) is 20.3 Å². The van der Waals surface area contributed by atoms with E-state index in [0.29, 0.717) is 22.5 Å². The Balaban J connectivity index is 1.70. The number of carbonyl (C=O) groups excluding carboxylic acids is 1. The molecule has 0 aliphatic rings. The maximum absolute atomic E-state index is 12.0. The number of benzene rings is 2. The highest BCUT2D eigenvalue weighted by molar-refractivity contribution is 5.91. The van der Waals surface area contributed by atoms with E-state index in [4.69, 9.17) is 9.47 Å². The van der Waals surface area contributed by atoms with Gasteiger partial charge in [0, 0.05) is 17.3 Å². The van der Waals surface area contributed by atoms with Crippen LogP contribution in [-0.4, -0.2) is 32.5 Å². The molecule has 0 fully saturated rings. The lowest BCUT2D eigenvalue weighted by molar-refractivity contribution is -0.385. The lowest BCUT2D eigenvalue weighted by atomic mass is 10.2. The number of fused-ring (bicyclic) bond motifs is 1. The summed E-state index contributed by atoms with van der Waals surface area (Å²) in [5.74, 6) is -0.512. The summed E-state index contributed by atoms with van der Waals surface area (Å²) in [4.78, 5) is 35.4. The standard InChI is InChI=1S/C22H17N5O5/c1-2-31-22(28)15-7-3-9-16(12-15)26-20-19(27(29)30)21(25-13-24-20)32-17-10-4-6-14-8-5-11-23-18(14)17/h3-13H,2H2,1H3,(H,24,25,26). The maximum atomic E-state index is 12.0. The lowest BCUT2D eigenvalue weighted by Gasteiger charge is -2.11. The van der Waals surface area contributed by atoms with Gasteiger partial charge in [-0.3, -0.25) is 15.1 Å². The molecule has 32 heavy (non-hydrogen) atoms. The number of para-hydroxylation sites is 1. The van der Waals surface area contributed by atoms with Crippen molar-refractivity contribution < 1.29 is 19.2 Å². The monoisotopic (exact) mass is 431 g/mol. The summed E-state index contributed by atoms with van der Waals surface area (Å²) < 4.78 is 10.8.